The summed E-state index contributed by atoms with van der Waals surface area (Å²) in [4.78, 5) is 0. The summed E-state index contributed by atoms with van der Waals surface area (Å²) < 4.78 is 38.2. The number of rotatable bonds is 6. The molecule has 1 nitrogen and oxygen atoms in total. The number of halogens is 3. The molecule has 0 heterocycles. The van der Waals surface area contributed by atoms with Crippen LogP contribution in [0.3, 0.4) is 0 Å². The molecule has 0 saturated heterocycles. The summed E-state index contributed by atoms with van der Waals surface area (Å²) in [5, 5.41) is 3.40. The summed E-state index contributed by atoms with van der Waals surface area (Å²) in [5.74, 6) is 0. The van der Waals surface area contributed by atoms with Gasteiger partial charge in [0.15, 0.2) is 0 Å². The van der Waals surface area contributed by atoms with Gasteiger partial charge in [0.05, 0.1) is 5.56 Å². The maximum Gasteiger partial charge on any atom is 0.416 e. The lowest BCUT2D eigenvalue weighted by atomic mass is 9.96. The smallest absolute Gasteiger partial charge is 0.307 e. The Morgan fingerprint density at radius 1 is 1.08 bits per heavy atom. The van der Waals surface area contributed by atoms with E-state index in [1.165, 1.54) is 22.8 Å². The van der Waals surface area contributed by atoms with Gasteiger partial charge < -0.3 is 5.32 Å². The van der Waals surface area contributed by atoms with Crippen LogP contribution in [-0.2, 0) is 6.18 Å². The maximum absolute atomic E-state index is 12.7. The molecule has 0 bridgehead atoms. The lowest BCUT2D eigenvalue weighted by Gasteiger charge is -2.17. The second-order valence-electron chi connectivity index (χ2n) is 6.23. The van der Waals surface area contributed by atoms with Crippen LogP contribution in [0.5, 0.6) is 0 Å². The Bertz CT molecular complexity index is 788. The topological polar surface area (TPSA) is 12.0 Å². The molecule has 26 heavy (non-hydrogen) atoms. The molecule has 0 saturated carbocycles. The molecule has 138 valence electrons. The van der Waals surface area contributed by atoms with Gasteiger partial charge in [-0.25, -0.2) is 0 Å². The standard InChI is InChI=1S/C22H24F3N/c1-4-8-20-16(2)9-5-13-21(20)17(3)26-14-7-11-18-10-6-12-19(15-18)22(23,24)25/h4-13,15,17,26H,14H2,1-3H3/b8-4-,11-7+. The third-order valence-electron chi connectivity index (χ3n) is 4.22. The van der Waals surface area contributed by atoms with E-state index < -0.39 is 11.7 Å². The second kappa shape index (κ2) is 8.86. The molecule has 2 rings (SSSR count). The number of aryl methyl sites for hydroxylation is 1. The van der Waals surface area contributed by atoms with Crippen molar-refractivity contribution < 1.29 is 13.2 Å². The van der Waals surface area contributed by atoms with Crippen molar-refractivity contribution in [2.24, 2.45) is 0 Å². The van der Waals surface area contributed by atoms with Crippen molar-refractivity contribution in [3.8, 4) is 0 Å². The number of alkyl halides is 3. The quantitative estimate of drug-likeness (QED) is 0.628. The van der Waals surface area contributed by atoms with Crippen LogP contribution in [0.25, 0.3) is 12.2 Å². The fourth-order valence-corrected chi connectivity index (χ4v) is 2.84. The van der Waals surface area contributed by atoms with Crippen molar-refractivity contribution in [3.63, 3.8) is 0 Å². The average molecular weight is 359 g/mol. The summed E-state index contributed by atoms with van der Waals surface area (Å²) in [6.45, 7) is 6.73. The van der Waals surface area contributed by atoms with E-state index in [4.69, 9.17) is 0 Å². The monoisotopic (exact) mass is 359 g/mol. The van der Waals surface area contributed by atoms with Crippen molar-refractivity contribution in [1.29, 1.82) is 0 Å². The Morgan fingerprint density at radius 3 is 2.50 bits per heavy atom. The molecule has 0 spiro atoms. The SMILES string of the molecule is C/C=C\c1c(C)cccc1C(C)NC/C=C/c1cccc(C(F)(F)F)c1. The Hall–Kier alpha value is -2.33. The van der Waals surface area contributed by atoms with E-state index in [1.54, 1.807) is 12.1 Å². The van der Waals surface area contributed by atoms with Crippen molar-refractivity contribution in [1.82, 2.24) is 5.32 Å². The molecule has 0 aromatic heterocycles. The van der Waals surface area contributed by atoms with Crippen LogP contribution >= 0.6 is 0 Å². The van der Waals surface area contributed by atoms with E-state index in [0.29, 0.717) is 12.1 Å². The van der Waals surface area contributed by atoms with Gasteiger partial charge in [0.2, 0.25) is 0 Å². The molecule has 1 N–H and O–H groups in total. The van der Waals surface area contributed by atoms with Gasteiger partial charge in [0.1, 0.15) is 0 Å². The van der Waals surface area contributed by atoms with Crippen LogP contribution in [0.2, 0.25) is 0 Å². The molecule has 0 amide bonds. The van der Waals surface area contributed by atoms with Crippen LogP contribution in [0.15, 0.2) is 54.6 Å². The predicted molar refractivity (Wildman–Crippen MR) is 103 cm³/mol. The van der Waals surface area contributed by atoms with E-state index >= 15 is 0 Å². The molecule has 2 aromatic carbocycles. The fraction of sp³-hybridized carbons (Fsp3) is 0.273. The molecule has 0 aliphatic carbocycles. The number of hydrogen-bond donors (Lipinski definition) is 1. The first kappa shape index (κ1) is 20.0. The van der Waals surface area contributed by atoms with Gasteiger partial charge >= 0.3 is 6.18 Å². The van der Waals surface area contributed by atoms with Gasteiger partial charge in [-0.3, -0.25) is 0 Å². The van der Waals surface area contributed by atoms with E-state index in [1.807, 2.05) is 25.1 Å². The molecule has 1 atom stereocenters. The van der Waals surface area contributed by atoms with Gasteiger partial charge in [-0.15, -0.1) is 0 Å². The molecular formula is C22H24F3N. The zero-order valence-electron chi connectivity index (χ0n) is 15.3. The van der Waals surface area contributed by atoms with Gasteiger partial charge in [-0.05, 0) is 55.2 Å². The largest absolute Gasteiger partial charge is 0.416 e. The Balaban J connectivity index is 2.02. The summed E-state index contributed by atoms with van der Waals surface area (Å²) in [7, 11) is 0. The number of benzene rings is 2. The van der Waals surface area contributed by atoms with Gasteiger partial charge in [-0.1, -0.05) is 54.6 Å². The first-order chi connectivity index (χ1) is 12.3. The number of hydrogen-bond acceptors (Lipinski definition) is 1. The highest BCUT2D eigenvalue weighted by atomic mass is 19.4. The zero-order chi connectivity index (χ0) is 19.2. The highest BCUT2D eigenvalue weighted by Gasteiger charge is 2.30. The Labute approximate surface area is 153 Å². The van der Waals surface area contributed by atoms with Crippen LogP contribution < -0.4 is 5.32 Å². The van der Waals surface area contributed by atoms with Crippen molar-refractivity contribution in [2.45, 2.75) is 33.0 Å². The van der Waals surface area contributed by atoms with Crippen molar-refractivity contribution in [3.05, 3.63) is 82.4 Å². The molecule has 4 heteroatoms. The van der Waals surface area contributed by atoms with Crippen LogP contribution in [0, 0.1) is 6.92 Å². The molecule has 0 aliphatic rings. The number of nitrogens with one attached hydrogen (secondary N) is 1. The lowest BCUT2D eigenvalue weighted by Crippen LogP contribution is -2.19. The summed E-state index contributed by atoms with van der Waals surface area (Å²) in [5.41, 5.74) is 3.54. The van der Waals surface area contributed by atoms with E-state index in [-0.39, 0.29) is 6.04 Å². The second-order valence-corrected chi connectivity index (χ2v) is 6.23. The first-order valence-corrected chi connectivity index (χ1v) is 8.62. The molecule has 0 fully saturated rings. The van der Waals surface area contributed by atoms with E-state index in [2.05, 4.69) is 37.4 Å². The molecular weight excluding hydrogens is 335 g/mol. The maximum atomic E-state index is 12.7. The minimum atomic E-state index is -4.31. The lowest BCUT2D eigenvalue weighted by molar-refractivity contribution is -0.137. The van der Waals surface area contributed by atoms with Gasteiger partial charge in [0.25, 0.3) is 0 Å². The molecule has 0 radical (unpaired) electrons. The van der Waals surface area contributed by atoms with Crippen LogP contribution in [0.4, 0.5) is 13.2 Å². The minimum absolute atomic E-state index is 0.132. The van der Waals surface area contributed by atoms with Gasteiger partial charge in [0, 0.05) is 12.6 Å². The van der Waals surface area contributed by atoms with E-state index in [9.17, 15) is 13.2 Å². The molecule has 0 aliphatic heterocycles. The normalized spacial score (nSPS) is 13.6. The highest BCUT2D eigenvalue weighted by Crippen LogP contribution is 2.29. The molecule has 2 aromatic rings. The van der Waals surface area contributed by atoms with Crippen LogP contribution in [0.1, 0.15) is 47.7 Å². The van der Waals surface area contributed by atoms with Crippen LogP contribution in [-0.4, -0.2) is 6.54 Å². The van der Waals surface area contributed by atoms with E-state index in [0.717, 1.165) is 12.1 Å². The van der Waals surface area contributed by atoms with Gasteiger partial charge in [-0.2, -0.15) is 13.2 Å². The Kier molecular flexibility index (Phi) is 6.81. The summed E-state index contributed by atoms with van der Waals surface area (Å²) >= 11 is 0. The average Bonchev–Trinajstić information content (AvgIpc) is 2.60. The zero-order valence-corrected chi connectivity index (χ0v) is 15.3. The third kappa shape index (κ3) is 5.33. The van der Waals surface area contributed by atoms with Crippen molar-refractivity contribution >= 4 is 12.2 Å². The summed E-state index contributed by atoms with van der Waals surface area (Å²) in [6, 6.07) is 11.7. The summed E-state index contributed by atoms with van der Waals surface area (Å²) in [6.07, 6.45) is 3.35. The third-order valence-corrected chi connectivity index (χ3v) is 4.22. The van der Waals surface area contributed by atoms with Crippen molar-refractivity contribution in [2.75, 3.05) is 6.54 Å². The highest BCUT2D eigenvalue weighted by molar-refractivity contribution is 5.58. The molecule has 1 unspecified atom stereocenters. The number of allylic oxidation sites excluding steroid dienone is 1. The Morgan fingerprint density at radius 2 is 1.81 bits per heavy atom. The fourth-order valence-electron chi connectivity index (χ4n) is 2.84. The predicted octanol–water partition coefficient (Wildman–Crippen LogP) is 6.41. The minimum Gasteiger partial charge on any atom is -0.307 e. The first-order valence-electron chi connectivity index (χ1n) is 8.62.